The Hall–Kier alpha value is -3.40. The fourth-order valence-electron chi connectivity index (χ4n) is 2.45. The molecule has 3 N–H and O–H groups in total. The van der Waals surface area contributed by atoms with Gasteiger partial charge in [-0.05, 0) is 30.7 Å². The molecule has 0 radical (unpaired) electrons. The molecule has 0 atom stereocenters. The third-order valence-corrected chi connectivity index (χ3v) is 3.68. The Morgan fingerprint density at radius 1 is 1.07 bits per heavy atom. The summed E-state index contributed by atoms with van der Waals surface area (Å²) in [6.45, 7) is 0.433. The topological polar surface area (TPSA) is 92.2 Å². The van der Waals surface area contributed by atoms with Crippen molar-refractivity contribution >= 4 is 17.5 Å². The van der Waals surface area contributed by atoms with Crippen LogP contribution in [-0.4, -0.2) is 39.6 Å². The number of rotatable bonds is 8. The molecule has 0 spiro atoms. The number of aliphatic hydroxyl groups is 1. The quantitative estimate of drug-likeness (QED) is 0.488. The van der Waals surface area contributed by atoms with Crippen molar-refractivity contribution in [3.63, 3.8) is 0 Å². The van der Waals surface area contributed by atoms with E-state index in [2.05, 4.69) is 30.3 Å². The van der Waals surface area contributed by atoms with Gasteiger partial charge in [-0.2, -0.15) is 4.98 Å². The molecule has 0 amide bonds. The van der Waals surface area contributed by atoms with Crippen molar-refractivity contribution in [2.24, 2.45) is 0 Å². The van der Waals surface area contributed by atoms with Gasteiger partial charge >= 0.3 is 6.36 Å². The van der Waals surface area contributed by atoms with E-state index in [0.717, 1.165) is 0 Å². The van der Waals surface area contributed by atoms with E-state index in [9.17, 15) is 13.2 Å². The zero-order valence-corrected chi connectivity index (χ0v) is 15.1. The predicted octanol–water partition coefficient (Wildman–Crippen LogP) is 3.98. The molecule has 2 aromatic heterocycles. The minimum atomic E-state index is -4.82. The number of pyridine rings is 1. The number of hydrogen-bond donors (Lipinski definition) is 3. The molecule has 3 aromatic rings. The molecule has 0 saturated heterocycles. The molecule has 0 aliphatic rings. The molecule has 0 bridgehead atoms. The molecule has 7 nitrogen and oxygen atoms in total. The molecule has 2 heterocycles. The maximum atomic E-state index is 12.7. The maximum Gasteiger partial charge on any atom is 0.573 e. The second-order valence-electron chi connectivity index (χ2n) is 5.88. The summed E-state index contributed by atoms with van der Waals surface area (Å²) in [7, 11) is 0. The van der Waals surface area contributed by atoms with Gasteiger partial charge in [-0.1, -0.05) is 12.1 Å². The fraction of sp³-hybridized carbons (Fsp3) is 0.211. The van der Waals surface area contributed by atoms with Crippen LogP contribution in [0.1, 0.15) is 6.42 Å². The van der Waals surface area contributed by atoms with Gasteiger partial charge < -0.3 is 20.5 Å². The van der Waals surface area contributed by atoms with Crippen LogP contribution in [0.5, 0.6) is 5.75 Å². The maximum absolute atomic E-state index is 12.7. The summed E-state index contributed by atoms with van der Waals surface area (Å²) in [4.78, 5) is 12.8. The molecule has 0 unspecified atom stereocenters. The van der Waals surface area contributed by atoms with Crippen LogP contribution in [-0.2, 0) is 0 Å². The van der Waals surface area contributed by atoms with E-state index < -0.39 is 6.36 Å². The summed E-state index contributed by atoms with van der Waals surface area (Å²) in [6, 6.07) is 10.8. The predicted molar refractivity (Wildman–Crippen MR) is 102 cm³/mol. The van der Waals surface area contributed by atoms with Crippen LogP contribution in [0.2, 0.25) is 0 Å². The summed E-state index contributed by atoms with van der Waals surface area (Å²) in [5.74, 6) is 0.149. The number of alkyl halides is 3. The Bertz CT molecular complexity index is 939. The van der Waals surface area contributed by atoms with Crippen LogP contribution in [0.15, 0.2) is 54.9 Å². The van der Waals surface area contributed by atoms with Gasteiger partial charge in [0.1, 0.15) is 5.82 Å². The molecule has 0 aliphatic heterocycles. The molecule has 3 rings (SSSR count). The zero-order chi connectivity index (χ0) is 20.7. The minimum Gasteiger partial charge on any atom is -0.404 e. The standard InChI is InChI=1S/C19H18F3N5O2/c20-19(21,22)29-16-7-2-1-6-14(16)25-17-11-15(13-5-3-8-23-12-13)26-18(27-17)24-9-4-10-28/h1-3,5-8,11-12,28H,4,9-10H2,(H2,24,25,26,27). The van der Waals surface area contributed by atoms with Crippen molar-refractivity contribution < 1.29 is 23.0 Å². The lowest BCUT2D eigenvalue weighted by Crippen LogP contribution is -2.18. The number of nitrogens with zero attached hydrogens (tertiary/aromatic N) is 3. The minimum absolute atomic E-state index is 0.00254. The second-order valence-corrected chi connectivity index (χ2v) is 5.88. The first-order chi connectivity index (χ1) is 13.9. The van der Waals surface area contributed by atoms with Crippen LogP contribution in [0, 0.1) is 0 Å². The van der Waals surface area contributed by atoms with Crippen molar-refractivity contribution in [1.82, 2.24) is 15.0 Å². The fourth-order valence-corrected chi connectivity index (χ4v) is 2.45. The highest BCUT2D eigenvalue weighted by Gasteiger charge is 2.32. The number of ether oxygens (including phenoxy) is 1. The third kappa shape index (κ3) is 6.04. The molecule has 0 fully saturated rings. The molecule has 0 saturated carbocycles. The van der Waals surface area contributed by atoms with Crippen LogP contribution in [0.25, 0.3) is 11.3 Å². The van der Waals surface area contributed by atoms with Crippen molar-refractivity contribution in [2.75, 3.05) is 23.8 Å². The highest BCUT2D eigenvalue weighted by atomic mass is 19.4. The number of hydrogen-bond acceptors (Lipinski definition) is 7. The third-order valence-electron chi connectivity index (χ3n) is 3.68. The molecule has 1 aromatic carbocycles. The van der Waals surface area contributed by atoms with Crippen molar-refractivity contribution in [1.29, 1.82) is 0 Å². The van der Waals surface area contributed by atoms with Gasteiger partial charge in [0.15, 0.2) is 5.75 Å². The highest BCUT2D eigenvalue weighted by molar-refractivity contribution is 5.69. The van der Waals surface area contributed by atoms with E-state index in [1.807, 2.05) is 0 Å². The van der Waals surface area contributed by atoms with Crippen LogP contribution in [0.4, 0.5) is 30.6 Å². The monoisotopic (exact) mass is 405 g/mol. The van der Waals surface area contributed by atoms with Gasteiger partial charge in [-0.25, -0.2) is 4.98 Å². The summed E-state index contributed by atoms with van der Waals surface area (Å²) in [6.07, 6.45) is -1.09. The molecular weight excluding hydrogens is 387 g/mol. The Morgan fingerprint density at radius 2 is 1.90 bits per heavy atom. The molecule has 10 heteroatoms. The SMILES string of the molecule is OCCCNc1nc(Nc2ccccc2OC(F)(F)F)cc(-c2cccnc2)n1. The van der Waals surface area contributed by atoms with E-state index in [-0.39, 0.29) is 29.8 Å². The summed E-state index contributed by atoms with van der Waals surface area (Å²) in [5.41, 5.74) is 1.33. The van der Waals surface area contributed by atoms with Gasteiger partial charge in [-0.3, -0.25) is 4.98 Å². The van der Waals surface area contributed by atoms with Gasteiger partial charge in [0.25, 0.3) is 0 Å². The van der Waals surface area contributed by atoms with Gasteiger partial charge in [0, 0.05) is 37.2 Å². The smallest absolute Gasteiger partial charge is 0.404 e. The lowest BCUT2D eigenvalue weighted by atomic mass is 10.2. The molecule has 29 heavy (non-hydrogen) atoms. The number of anilines is 3. The van der Waals surface area contributed by atoms with Crippen molar-refractivity contribution in [2.45, 2.75) is 12.8 Å². The largest absolute Gasteiger partial charge is 0.573 e. The molecule has 0 aliphatic carbocycles. The van der Waals surface area contributed by atoms with Crippen LogP contribution < -0.4 is 15.4 Å². The number of para-hydroxylation sites is 2. The van der Waals surface area contributed by atoms with Crippen LogP contribution >= 0.6 is 0 Å². The molecule has 152 valence electrons. The van der Waals surface area contributed by atoms with Gasteiger partial charge in [0.05, 0.1) is 11.4 Å². The number of benzene rings is 1. The zero-order valence-electron chi connectivity index (χ0n) is 15.1. The molecular formula is C19H18F3N5O2. The Kier molecular flexibility index (Phi) is 6.45. The van der Waals surface area contributed by atoms with Gasteiger partial charge in [-0.15, -0.1) is 13.2 Å². The summed E-state index contributed by atoms with van der Waals surface area (Å²) in [5, 5.41) is 14.8. The average Bonchev–Trinajstić information content (AvgIpc) is 2.69. The van der Waals surface area contributed by atoms with E-state index in [1.54, 1.807) is 36.7 Å². The Balaban J connectivity index is 1.93. The first-order valence-corrected chi connectivity index (χ1v) is 8.70. The summed E-state index contributed by atoms with van der Waals surface area (Å²) < 4.78 is 42.1. The van der Waals surface area contributed by atoms with Gasteiger partial charge in [0.2, 0.25) is 5.95 Å². The number of aliphatic hydroxyl groups excluding tert-OH is 1. The average molecular weight is 405 g/mol. The van der Waals surface area contributed by atoms with E-state index in [0.29, 0.717) is 24.2 Å². The second kappa shape index (κ2) is 9.20. The number of nitrogens with one attached hydrogen (secondary N) is 2. The first-order valence-electron chi connectivity index (χ1n) is 8.70. The van der Waals surface area contributed by atoms with E-state index >= 15 is 0 Å². The highest BCUT2D eigenvalue weighted by Crippen LogP contribution is 2.32. The Morgan fingerprint density at radius 3 is 2.62 bits per heavy atom. The van der Waals surface area contributed by atoms with Crippen molar-refractivity contribution in [3.8, 4) is 17.0 Å². The lowest BCUT2D eigenvalue weighted by Gasteiger charge is -2.15. The number of aromatic nitrogens is 3. The first kappa shape index (κ1) is 20.3. The van der Waals surface area contributed by atoms with E-state index in [1.165, 1.54) is 18.2 Å². The number of halogens is 3. The van der Waals surface area contributed by atoms with E-state index in [4.69, 9.17) is 5.11 Å². The lowest BCUT2D eigenvalue weighted by molar-refractivity contribution is -0.274. The Labute approximate surface area is 164 Å². The van der Waals surface area contributed by atoms with Crippen LogP contribution in [0.3, 0.4) is 0 Å². The normalized spacial score (nSPS) is 11.2. The van der Waals surface area contributed by atoms with Crippen molar-refractivity contribution in [3.05, 3.63) is 54.9 Å². The summed E-state index contributed by atoms with van der Waals surface area (Å²) >= 11 is 0.